The summed E-state index contributed by atoms with van der Waals surface area (Å²) in [4.78, 5) is 4.36. The van der Waals surface area contributed by atoms with Gasteiger partial charge >= 0.3 is 0 Å². The van der Waals surface area contributed by atoms with Crippen molar-refractivity contribution in [3.8, 4) is 11.5 Å². The second-order valence-electron chi connectivity index (χ2n) is 3.87. The summed E-state index contributed by atoms with van der Waals surface area (Å²) in [6, 6.07) is 5.96. The summed E-state index contributed by atoms with van der Waals surface area (Å²) in [5, 5.41) is 3.94. The van der Waals surface area contributed by atoms with Crippen LogP contribution >= 0.6 is 15.9 Å². The van der Waals surface area contributed by atoms with E-state index in [0.717, 1.165) is 28.4 Å². The average Bonchev–Trinajstić information content (AvgIpc) is 2.75. The number of nitrogens with two attached hydrogens (primary N) is 1. The van der Waals surface area contributed by atoms with Gasteiger partial charge in [0.05, 0.1) is 0 Å². The highest BCUT2D eigenvalue weighted by molar-refractivity contribution is 9.10. The molecule has 0 aliphatic rings. The number of hydrogen-bond donors (Lipinski definition) is 1. The third kappa shape index (κ3) is 2.92. The summed E-state index contributed by atoms with van der Waals surface area (Å²) in [5.74, 6) is 1.29. The lowest BCUT2D eigenvalue weighted by Gasteiger charge is -2.00. The molecule has 0 saturated heterocycles. The van der Waals surface area contributed by atoms with Gasteiger partial charge in [0.25, 0.3) is 5.89 Å². The molecule has 2 rings (SSSR count). The van der Waals surface area contributed by atoms with Crippen molar-refractivity contribution in [1.82, 2.24) is 10.1 Å². The maximum Gasteiger partial charge on any atom is 0.258 e. The van der Waals surface area contributed by atoms with E-state index in [1.54, 1.807) is 0 Å². The fourth-order valence-electron chi connectivity index (χ4n) is 1.59. The molecule has 0 saturated carbocycles. The monoisotopic (exact) mass is 295 g/mol. The first-order chi connectivity index (χ1) is 8.20. The SMILES string of the molecule is Cc1cc(Br)ccc1-c1nc(CCCN)no1. The second kappa shape index (κ2) is 5.42. The van der Waals surface area contributed by atoms with Gasteiger partial charge in [0.15, 0.2) is 5.82 Å². The molecule has 0 fully saturated rings. The highest BCUT2D eigenvalue weighted by Gasteiger charge is 2.10. The molecule has 2 N–H and O–H groups in total. The van der Waals surface area contributed by atoms with Crippen LogP contribution in [0.25, 0.3) is 11.5 Å². The lowest BCUT2D eigenvalue weighted by molar-refractivity contribution is 0.421. The van der Waals surface area contributed by atoms with Gasteiger partial charge < -0.3 is 10.3 Å². The van der Waals surface area contributed by atoms with E-state index in [9.17, 15) is 0 Å². The lowest BCUT2D eigenvalue weighted by Crippen LogP contribution is -2.01. The Balaban J connectivity index is 2.24. The summed E-state index contributed by atoms with van der Waals surface area (Å²) in [6.45, 7) is 2.66. The summed E-state index contributed by atoms with van der Waals surface area (Å²) in [6.07, 6.45) is 1.63. The zero-order valence-electron chi connectivity index (χ0n) is 9.61. The van der Waals surface area contributed by atoms with Gasteiger partial charge in [0.1, 0.15) is 0 Å². The van der Waals surface area contributed by atoms with Crippen LogP contribution in [0.3, 0.4) is 0 Å². The molecule has 0 spiro atoms. The molecule has 17 heavy (non-hydrogen) atoms. The van der Waals surface area contributed by atoms with Crippen molar-refractivity contribution < 1.29 is 4.52 Å². The van der Waals surface area contributed by atoms with E-state index in [1.165, 1.54) is 0 Å². The van der Waals surface area contributed by atoms with Crippen LogP contribution in [0.2, 0.25) is 0 Å². The van der Waals surface area contributed by atoms with E-state index in [2.05, 4.69) is 26.1 Å². The third-order valence-electron chi connectivity index (χ3n) is 2.49. The number of benzene rings is 1. The second-order valence-corrected chi connectivity index (χ2v) is 4.78. The first-order valence-electron chi connectivity index (χ1n) is 5.50. The highest BCUT2D eigenvalue weighted by Crippen LogP contribution is 2.24. The molecular weight excluding hydrogens is 282 g/mol. The van der Waals surface area contributed by atoms with E-state index in [1.807, 2.05) is 25.1 Å². The maximum atomic E-state index is 5.44. The average molecular weight is 296 g/mol. The topological polar surface area (TPSA) is 64.9 Å². The maximum absolute atomic E-state index is 5.44. The van der Waals surface area contributed by atoms with Crippen LogP contribution < -0.4 is 5.73 Å². The van der Waals surface area contributed by atoms with Gasteiger partial charge in [-0.1, -0.05) is 21.1 Å². The summed E-state index contributed by atoms with van der Waals surface area (Å²) < 4.78 is 6.29. The summed E-state index contributed by atoms with van der Waals surface area (Å²) in [7, 11) is 0. The Labute approximate surface area is 108 Å². The summed E-state index contributed by atoms with van der Waals surface area (Å²) >= 11 is 3.43. The van der Waals surface area contributed by atoms with Crippen LogP contribution in [0.1, 0.15) is 17.8 Å². The normalized spacial score (nSPS) is 10.8. The molecule has 90 valence electrons. The number of aromatic nitrogens is 2. The van der Waals surface area contributed by atoms with Crippen LogP contribution in [-0.4, -0.2) is 16.7 Å². The minimum atomic E-state index is 0.571. The minimum absolute atomic E-state index is 0.571. The molecule has 0 atom stereocenters. The molecule has 0 radical (unpaired) electrons. The molecule has 5 heteroatoms. The third-order valence-corrected chi connectivity index (χ3v) is 2.98. The molecule has 0 amide bonds. The molecule has 1 aromatic heterocycles. The number of halogens is 1. The van der Waals surface area contributed by atoms with Crippen molar-refractivity contribution in [1.29, 1.82) is 0 Å². The molecule has 1 heterocycles. The fraction of sp³-hybridized carbons (Fsp3) is 0.333. The van der Waals surface area contributed by atoms with Crippen LogP contribution in [-0.2, 0) is 6.42 Å². The lowest BCUT2D eigenvalue weighted by atomic mass is 10.1. The number of hydrogen-bond acceptors (Lipinski definition) is 4. The molecule has 2 aromatic rings. The Bertz CT molecular complexity index is 510. The molecule has 0 unspecified atom stereocenters. The quantitative estimate of drug-likeness (QED) is 0.942. The Morgan fingerprint density at radius 1 is 1.41 bits per heavy atom. The molecule has 0 aliphatic carbocycles. The Morgan fingerprint density at radius 2 is 2.24 bits per heavy atom. The molecule has 1 aromatic carbocycles. The van der Waals surface area contributed by atoms with Crippen molar-refractivity contribution >= 4 is 15.9 Å². The van der Waals surface area contributed by atoms with Crippen LogP contribution in [0.4, 0.5) is 0 Å². The van der Waals surface area contributed by atoms with E-state index in [4.69, 9.17) is 10.3 Å². The summed E-state index contributed by atoms with van der Waals surface area (Å²) in [5.41, 5.74) is 7.52. The molecule has 0 bridgehead atoms. The van der Waals surface area contributed by atoms with Gasteiger partial charge in [-0.05, 0) is 43.7 Å². The largest absolute Gasteiger partial charge is 0.334 e. The van der Waals surface area contributed by atoms with Crippen molar-refractivity contribution in [3.63, 3.8) is 0 Å². The van der Waals surface area contributed by atoms with E-state index < -0.39 is 0 Å². The molecule has 4 nitrogen and oxygen atoms in total. The number of aryl methyl sites for hydroxylation is 2. The number of rotatable bonds is 4. The predicted molar refractivity (Wildman–Crippen MR) is 69.5 cm³/mol. The van der Waals surface area contributed by atoms with Crippen molar-refractivity contribution in [3.05, 3.63) is 34.1 Å². The van der Waals surface area contributed by atoms with Gasteiger partial charge in [-0.3, -0.25) is 0 Å². The standard InChI is InChI=1S/C12H14BrN3O/c1-8-7-9(13)4-5-10(8)12-15-11(16-17-12)3-2-6-14/h4-5,7H,2-3,6,14H2,1H3. The Kier molecular flexibility index (Phi) is 3.91. The van der Waals surface area contributed by atoms with E-state index in [-0.39, 0.29) is 0 Å². The highest BCUT2D eigenvalue weighted by atomic mass is 79.9. The number of nitrogens with zero attached hydrogens (tertiary/aromatic N) is 2. The predicted octanol–water partition coefficient (Wildman–Crippen LogP) is 2.70. The first-order valence-corrected chi connectivity index (χ1v) is 6.29. The van der Waals surface area contributed by atoms with Gasteiger partial charge in [0.2, 0.25) is 0 Å². The zero-order valence-corrected chi connectivity index (χ0v) is 11.2. The van der Waals surface area contributed by atoms with Gasteiger partial charge in [-0.15, -0.1) is 0 Å². The molecular formula is C12H14BrN3O. The van der Waals surface area contributed by atoms with Crippen molar-refractivity contribution in [2.45, 2.75) is 19.8 Å². The van der Waals surface area contributed by atoms with Crippen LogP contribution in [0.5, 0.6) is 0 Å². The zero-order chi connectivity index (χ0) is 12.3. The molecule has 0 aliphatic heterocycles. The van der Waals surface area contributed by atoms with Crippen LogP contribution in [0.15, 0.2) is 27.2 Å². The Hall–Kier alpha value is -1.20. The van der Waals surface area contributed by atoms with Gasteiger partial charge in [0, 0.05) is 16.5 Å². The smallest absolute Gasteiger partial charge is 0.258 e. The Morgan fingerprint density at radius 3 is 2.94 bits per heavy atom. The van der Waals surface area contributed by atoms with Gasteiger partial charge in [-0.25, -0.2) is 0 Å². The minimum Gasteiger partial charge on any atom is -0.334 e. The fourth-order valence-corrected chi connectivity index (χ4v) is 2.07. The van der Waals surface area contributed by atoms with Gasteiger partial charge in [-0.2, -0.15) is 4.98 Å². The van der Waals surface area contributed by atoms with E-state index in [0.29, 0.717) is 18.3 Å². The van der Waals surface area contributed by atoms with Crippen molar-refractivity contribution in [2.75, 3.05) is 6.54 Å². The van der Waals surface area contributed by atoms with E-state index >= 15 is 0 Å². The first kappa shape index (κ1) is 12.3. The van der Waals surface area contributed by atoms with Crippen LogP contribution in [0, 0.1) is 6.92 Å². The van der Waals surface area contributed by atoms with Crippen molar-refractivity contribution in [2.24, 2.45) is 5.73 Å².